The van der Waals surface area contributed by atoms with Crippen molar-refractivity contribution in [2.24, 2.45) is 5.92 Å². The minimum atomic E-state index is 0.581. The average Bonchev–Trinajstić information content (AvgIpc) is 2.39. The number of nitrogens with zero attached hydrogens (tertiary/aromatic N) is 1. The van der Waals surface area contributed by atoms with Gasteiger partial charge in [0, 0.05) is 30.9 Å². The maximum atomic E-state index is 4.52. The zero-order valence-corrected chi connectivity index (χ0v) is 9.78. The van der Waals surface area contributed by atoms with Crippen LogP contribution in [-0.4, -0.2) is 11.5 Å². The molecule has 16 heavy (non-hydrogen) atoms. The van der Waals surface area contributed by atoms with Gasteiger partial charge >= 0.3 is 0 Å². The fraction of sp³-hybridized carbons (Fsp3) is 0.643. The van der Waals surface area contributed by atoms with Gasteiger partial charge in [0.15, 0.2) is 0 Å². The summed E-state index contributed by atoms with van der Waals surface area (Å²) in [5, 5.41) is 3.70. The van der Waals surface area contributed by atoms with Crippen LogP contribution in [0.25, 0.3) is 0 Å². The van der Waals surface area contributed by atoms with Crippen molar-refractivity contribution >= 4 is 0 Å². The monoisotopic (exact) mass is 216 g/mol. The van der Waals surface area contributed by atoms with E-state index in [1.807, 2.05) is 6.20 Å². The Morgan fingerprint density at radius 3 is 2.94 bits per heavy atom. The minimum absolute atomic E-state index is 0.581. The van der Waals surface area contributed by atoms with Gasteiger partial charge in [-0.3, -0.25) is 4.98 Å². The lowest BCUT2D eigenvalue weighted by Gasteiger charge is -2.35. The number of fused-ring (bicyclic) bond motifs is 1. The van der Waals surface area contributed by atoms with Crippen molar-refractivity contribution in [3.05, 3.63) is 29.6 Å². The van der Waals surface area contributed by atoms with E-state index in [1.54, 1.807) is 0 Å². The van der Waals surface area contributed by atoms with Gasteiger partial charge in [-0.1, -0.05) is 25.3 Å². The highest BCUT2D eigenvalue weighted by molar-refractivity contribution is 5.27. The van der Waals surface area contributed by atoms with Crippen LogP contribution in [0.3, 0.4) is 0 Å². The van der Waals surface area contributed by atoms with Crippen LogP contribution < -0.4 is 5.32 Å². The molecular weight excluding hydrogens is 196 g/mol. The van der Waals surface area contributed by atoms with Crippen LogP contribution in [0.5, 0.6) is 0 Å². The Kier molecular flexibility index (Phi) is 2.92. The van der Waals surface area contributed by atoms with E-state index in [-0.39, 0.29) is 0 Å². The molecule has 2 heterocycles. The largest absolute Gasteiger partial charge is 0.309 e. The first-order chi connectivity index (χ1) is 7.95. The van der Waals surface area contributed by atoms with Crippen LogP contribution in [0.1, 0.15) is 49.4 Å². The third-order valence-electron chi connectivity index (χ3n) is 4.11. The van der Waals surface area contributed by atoms with Crippen molar-refractivity contribution in [3.63, 3.8) is 0 Å². The predicted octanol–water partition coefficient (Wildman–Crippen LogP) is 2.85. The second-order valence-corrected chi connectivity index (χ2v) is 5.12. The molecule has 1 fully saturated rings. The molecule has 1 N–H and O–H groups in total. The first-order valence-corrected chi connectivity index (χ1v) is 6.62. The molecule has 1 aliphatic carbocycles. The van der Waals surface area contributed by atoms with Crippen LogP contribution in [0.2, 0.25) is 0 Å². The molecule has 2 aliphatic rings. The summed E-state index contributed by atoms with van der Waals surface area (Å²) in [6.07, 6.45) is 10.1. The molecule has 86 valence electrons. The summed E-state index contributed by atoms with van der Waals surface area (Å²) in [5.41, 5.74) is 2.80. The Labute approximate surface area is 97.5 Å². The molecule has 1 unspecified atom stereocenters. The van der Waals surface area contributed by atoms with Crippen molar-refractivity contribution in [2.45, 2.75) is 44.6 Å². The van der Waals surface area contributed by atoms with Crippen LogP contribution in [0.15, 0.2) is 18.3 Å². The van der Waals surface area contributed by atoms with Gasteiger partial charge in [0.25, 0.3) is 0 Å². The predicted molar refractivity (Wildman–Crippen MR) is 65.3 cm³/mol. The van der Waals surface area contributed by atoms with Crippen molar-refractivity contribution in [1.29, 1.82) is 0 Å². The number of aromatic nitrogens is 1. The Balaban J connectivity index is 1.86. The lowest BCUT2D eigenvalue weighted by atomic mass is 9.79. The summed E-state index contributed by atoms with van der Waals surface area (Å²) in [7, 11) is 0. The van der Waals surface area contributed by atoms with E-state index >= 15 is 0 Å². The third kappa shape index (κ3) is 1.86. The van der Waals surface area contributed by atoms with E-state index in [1.165, 1.54) is 43.4 Å². The molecule has 0 spiro atoms. The summed E-state index contributed by atoms with van der Waals surface area (Å²) in [4.78, 5) is 4.52. The average molecular weight is 216 g/mol. The number of hydrogen-bond acceptors (Lipinski definition) is 2. The zero-order valence-electron chi connectivity index (χ0n) is 9.78. The fourth-order valence-corrected chi connectivity index (χ4v) is 3.29. The summed E-state index contributed by atoms with van der Waals surface area (Å²) in [5.74, 6) is 0.844. The molecule has 1 aromatic rings. The second kappa shape index (κ2) is 4.54. The standard InChI is InChI=1S/C14H20N2/c1-2-5-11(6-3-1)14-12-7-4-9-15-13(12)8-10-16-14/h4,7,9,11,14,16H,1-3,5-6,8,10H2. The van der Waals surface area contributed by atoms with Crippen molar-refractivity contribution in [3.8, 4) is 0 Å². The van der Waals surface area contributed by atoms with E-state index in [0.717, 1.165) is 18.9 Å². The molecule has 2 nitrogen and oxygen atoms in total. The second-order valence-electron chi connectivity index (χ2n) is 5.12. The van der Waals surface area contributed by atoms with Gasteiger partial charge in [-0.15, -0.1) is 0 Å². The molecule has 1 atom stereocenters. The van der Waals surface area contributed by atoms with Crippen molar-refractivity contribution < 1.29 is 0 Å². The van der Waals surface area contributed by atoms with Crippen LogP contribution in [-0.2, 0) is 6.42 Å². The molecular formula is C14H20N2. The molecule has 0 bridgehead atoms. The normalized spacial score (nSPS) is 26.4. The Hall–Kier alpha value is -0.890. The topological polar surface area (TPSA) is 24.9 Å². The number of pyridine rings is 1. The number of rotatable bonds is 1. The van der Waals surface area contributed by atoms with E-state index in [9.17, 15) is 0 Å². The lowest BCUT2D eigenvalue weighted by Crippen LogP contribution is -2.36. The van der Waals surface area contributed by atoms with Gasteiger partial charge in [-0.2, -0.15) is 0 Å². The molecule has 1 aliphatic heterocycles. The maximum absolute atomic E-state index is 4.52. The van der Waals surface area contributed by atoms with Crippen molar-refractivity contribution in [2.75, 3.05) is 6.54 Å². The van der Waals surface area contributed by atoms with E-state index in [2.05, 4.69) is 22.4 Å². The third-order valence-corrected chi connectivity index (χ3v) is 4.11. The van der Waals surface area contributed by atoms with E-state index < -0.39 is 0 Å². The summed E-state index contributed by atoms with van der Waals surface area (Å²) >= 11 is 0. The molecule has 2 heteroatoms. The molecule has 1 aromatic heterocycles. The zero-order chi connectivity index (χ0) is 10.8. The Morgan fingerprint density at radius 1 is 1.19 bits per heavy atom. The van der Waals surface area contributed by atoms with E-state index in [4.69, 9.17) is 0 Å². The highest BCUT2D eigenvalue weighted by Crippen LogP contribution is 2.36. The quantitative estimate of drug-likeness (QED) is 0.781. The fourth-order valence-electron chi connectivity index (χ4n) is 3.29. The Bertz CT molecular complexity index is 356. The van der Waals surface area contributed by atoms with Gasteiger partial charge in [0.2, 0.25) is 0 Å². The summed E-state index contributed by atoms with van der Waals surface area (Å²) < 4.78 is 0. The molecule has 0 aromatic carbocycles. The first-order valence-electron chi connectivity index (χ1n) is 6.62. The number of nitrogens with one attached hydrogen (secondary N) is 1. The van der Waals surface area contributed by atoms with Gasteiger partial charge in [-0.25, -0.2) is 0 Å². The molecule has 0 radical (unpaired) electrons. The highest BCUT2D eigenvalue weighted by atomic mass is 14.9. The Morgan fingerprint density at radius 2 is 2.06 bits per heavy atom. The SMILES string of the molecule is c1cnc2c(c1)C(C1CCCCC1)NCC2. The molecule has 0 saturated heterocycles. The maximum Gasteiger partial charge on any atom is 0.0464 e. The smallest absolute Gasteiger partial charge is 0.0464 e. The molecule has 0 amide bonds. The molecule has 1 saturated carbocycles. The number of hydrogen-bond donors (Lipinski definition) is 1. The highest BCUT2D eigenvalue weighted by Gasteiger charge is 2.28. The lowest BCUT2D eigenvalue weighted by molar-refractivity contribution is 0.263. The van der Waals surface area contributed by atoms with Crippen LogP contribution in [0.4, 0.5) is 0 Å². The van der Waals surface area contributed by atoms with Gasteiger partial charge < -0.3 is 5.32 Å². The minimum Gasteiger partial charge on any atom is -0.309 e. The van der Waals surface area contributed by atoms with Gasteiger partial charge in [0.1, 0.15) is 0 Å². The van der Waals surface area contributed by atoms with Crippen molar-refractivity contribution in [1.82, 2.24) is 10.3 Å². The molecule has 3 rings (SSSR count). The summed E-state index contributed by atoms with van der Waals surface area (Å²) in [6.45, 7) is 1.10. The van der Waals surface area contributed by atoms with Gasteiger partial charge in [-0.05, 0) is 30.4 Å². The first kappa shape index (κ1) is 10.3. The van der Waals surface area contributed by atoms with Crippen LogP contribution >= 0.6 is 0 Å². The van der Waals surface area contributed by atoms with Crippen LogP contribution in [0, 0.1) is 5.92 Å². The van der Waals surface area contributed by atoms with Gasteiger partial charge in [0.05, 0.1) is 0 Å². The summed E-state index contributed by atoms with van der Waals surface area (Å²) in [6, 6.07) is 4.94. The van der Waals surface area contributed by atoms with E-state index in [0.29, 0.717) is 6.04 Å².